The van der Waals surface area contributed by atoms with E-state index in [9.17, 15) is 13.2 Å². The molecule has 0 aliphatic carbocycles. The molecule has 1 aliphatic rings. The van der Waals surface area contributed by atoms with Crippen molar-refractivity contribution >= 4 is 0 Å². The maximum Gasteiger partial charge on any atom is 0.411 e. The van der Waals surface area contributed by atoms with Crippen LogP contribution in [-0.2, 0) is 4.74 Å². The molecule has 0 spiro atoms. The van der Waals surface area contributed by atoms with Gasteiger partial charge in [-0.3, -0.25) is 4.90 Å². The molecule has 3 nitrogen and oxygen atoms in total. The number of hydrogen-bond donors (Lipinski definition) is 1. The zero-order valence-corrected chi connectivity index (χ0v) is 10.2. The normalized spacial score (nSPS) is 22.1. The van der Waals surface area contributed by atoms with Crippen molar-refractivity contribution in [3.8, 4) is 0 Å². The van der Waals surface area contributed by atoms with Crippen LogP contribution in [0.25, 0.3) is 0 Å². The number of ether oxygens (including phenoxy) is 1. The summed E-state index contributed by atoms with van der Waals surface area (Å²) in [5.41, 5.74) is 0. The zero-order chi connectivity index (χ0) is 12.7. The van der Waals surface area contributed by atoms with E-state index >= 15 is 0 Å². The Hall–Kier alpha value is -0.330. The fraction of sp³-hybridized carbons (Fsp3) is 1.00. The van der Waals surface area contributed by atoms with Gasteiger partial charge in [0.15, 0.2) is 0 Å². The summed E-state index contributed by atoms with van der Waals surface area (Å²) < 4.78 is 40.1. The zero-order valence-electron chi connectivity index (χ0n) is 10.2. The summed E-state index contributed by atoms with van der Waals surface area (Å²) in [6.07, 6.45) is 0.363. The second kappa shape index (κ2) is 7.18. The predicted octanol–water partition coefficient (Wildman–Crippen LogP) is 1.99. The maximum absolute atomic E-state index is 11.8. The van der Waals surface area contributed by atoms with Crippen molar-refractivity contribution in [2.24, 2.45) is 0 Å². The van der Waals surface area contributed by atoms with Crippen molar-refractivity contribution in [1.29, 1.82) is 0 Å². The molecule has 1 unspecified atom stereocenters. The van der Waals surface area contributed by atoms with E-state index in [1.165, 1.54) is 12.8 Å². The van der Waals surface area contributed by atoms with Crippen LogP contribution in [0.15, 0.2) is 0 Å². The Morgan fingerprint density at radius 3 is 2.71 bits per heavy atom. The molecule has 1 fully saturated rings. The largest absolute Gasteiger partial charge is 0.411 e. The molecule has 6 heteroatoms. The van der Waals surface area contributed by atoms with Crippen LogP contribution in [0.2, 0.25) is 0 Å². The summed E-state index contributed by atoms with van der Waals surface area (Å²) in [5, 5.41) is 3.41. The molecule has 0 radical (unpaired) electrons. The lowest BCUT2D eigenvalue weighted by molar-refractivity contribution is -0.182. The lowest BCUT2D eigenvalue weighted by atomic mass is 10.0. The van der Waals surface area contributed by atoms with Crippen molar-refractivity contribution < 1.29 is 17.9 Å². The fourth-order valence-electron chi connectivity index (χ4n) is 1.93. The molecular weight excluding hydrogens is 233 g/mol. The summed E-state index contributed by atoms with van der Waals surface area (Å²) in [4.78, 5) is 1.78. The third kappa shape index (κ3) is 7.57. The van der Waals surface area contributed by atoms with E-state index in [1.54, 1.807) is 11.9 Å². The Labute approximate surface area is 100 Å². The third-order valence-corrected chi connectivity index (χ3v) is 2.85. The molecule has 1 rings (SSSR count). The number of nitrogens with zero attached hydrogens (tertiary/aromatic N) is 1. The summed E-state index contributed by atoms with van der Waals surface area (Å²) in [5.74, 6) is 0. The van der Waals surface area contributed by atoms with Gasteiger partial charge < -0.3 is 10.1 Å². The highest BCUT2D eigenvalue weighted by molar-refractivity contribution is 4.72. The molecule has 1 heterocycles. The molecule has 0 bridgehead atoms. The number of halogens is 3. The molecule has 1 atom stereocenters. The Bertz CT molecular complexity index is 205. The summed E-state index contributed by atoms with van der Waals surface area (Å²) in [6, 6.07) is 0.508. The third-order valence-electron chi connectivity index (χ3n) is 2.85. The number of nitrogens with one attached hydrogen (secondary N) is 1. The van der Waals surface area contributed by atoms with Gasteiger partial charge in [0.05, 0.1) is 6.73 Å². The summed E-state index contributed by atoms with van der Waals surface area (Å²) in [7, 11) is 1.78. The average molecular weight is 254 g/mol. The molecule has 1 N–H and O–H groups in total. The van der Waals surface area contributed by atoms with Crippen LogP contribution in [0.1, 0.15) is 25.7 Å². The summed E-state index contributed by atoms with van der Waals surface area (Å²) >= 11 is 0. The molecule has 0 amide bonds. The molecule has 0 aromatic heterocycles. The van der Waals surface area contributed by atoms with E-state index in [4.69, 9.17) is 0 Å². The molecule has 0 aromatic rings. The van der Waals surface area contributed by atoms with Crippen LogP contribution in [0.5, 0.6) is 0 Å². The molecule has 1 aliphatic heterocycles. The lowest BCUT2D eigenvalue weighted by Crippen LogP contribution is -2.37. The first-order valence-electron chi connectivity index (χ1n) is 6.04. The molecule has 102 valence electrons. The molecule has 17 heavy (non-hydrogen) atoms. The molecular formula is C11H21F3N2O. The minimum Gasteiger partial charge on any atom is -0.357 e. The minimum atomic E-state index is -4.23. The van der Waals surface area contributed by atoms with Crippen LogP contribution in [0.3, 0.4) is 0 Å². The van der Waals surface area contributed by atoms with Gasteiger partial charge in [0.1, 0.15) is 6.61 Å². The summed E-state index contributed by atoms with van der Waals surface area (Å²) in [6.45, 7) is 0.680. The van der Waals surface area contributed by atoms with Crippen LogP contribution in [0, 0.1) is 0 Å². The van der Waals surface area contributed by atoms with Crippen LogP contribution < -0.4 is 5.32 Å². The minimum absolute atomic E-state index is 0.0340. The van der Waals surface area contributed by atoms with Crippen molar-refractivity contribution in [1.82, 2.24) is 10.2 Å². The van der Waals surface area contributed by atoms with E-state index in [0.717, 1.165) is 25.9 Å². The topological polar surface area (TPSA) is 24.5 Å². The first kappa shape index (κ1) is 14.7. The van der Waals surface area contributed by atoms with Crippen LogP contribution in [-0.4, -0.2) is 50.6 Å². The second-order valence-corrected chi connectivity index (χ2v) is 4.61. The quantitative estimate of drug-likeness (QED) is 0.734. The van der Waals surface area contributed by atoms with Gasteiger partial charge in [-0.2, -0.15) is 13.2 Å². The molecule has 0 aromatic carbocycles. The maximum atomic E-state index is 11.8. The van der Waals surface area contributed by atoms with E-state index in [-0.39, 0.29) is 6.73 Å². The Morgan fingerprint density at radius 2 is 2.12 bits per heavy atom. The van der Waals surface area contributed by atoms with Gasteiger partial charge in [-0.25, -0.2) is 0 Å². The highest BCUT2D eigenvalue weighted by Crippen LogP contribution is 2.14. The number of piperidine rings is 1. The number of alkyl halides is 3. The first-order chi connectivity index (χ1) is 7.97. The Balaban J connectivity index is 2.02. The van der Waals surface area contributed by atoms with Gasteiger partial charge in [0, 0.05) is 12.6 Å². The highest BCUT2D eigenvalue weighted by Gasteiger charge is 2.27. The predicted molar refractivity (Wildman–Crippen MR) is 59.8 cm³/mol. The average Bonchev–Trinajstić information content (AvgIpc) is 2.26. The van der Waals surface area contributed by atoms with E-state index in [2.05, 4.69) is 10.1 Å². The van der Waals surface area contributed by atoms with Crippen molar-refractivity contribution in [3.05, 3.63) is 0 Å². The van der Waals surface area contributed by atoms with Gasteiger partial charge in [-0.1, -0.05) is 6.42 Å². The fourth-order valence-corrected chi connectivity index (χ4v) is 1.93. The standard InChI is InChI=1S/C11H21F3N2O/c1-16(9-17-8-11(12,13)14)7-5-10-4-2-3-6-15-10/h10,15H,2-9H2,1H3. The van der Waals surface area contributed by atoms with Gasteiger partial charge in [-0.15, -0.1) is 0 Å². The van der Waals surface area contributed by atoms with Crippen LogP contribution in [0.4, 0.5) is 13.2 Å². The SMILES string of the molecule is CN(CCC1CCCCN1)COCC(F)(F)F. The highest BCUT2D eigenvalue weighted by atomic mass is 19.4. The van der Waals surface area contributed by atoms with Gasteiger partial charge in [-0.05, 0) is 32.9 Å². The monoisotopic (exact) mass is 254 g/mol. The smallest absolute Gasteiger partial charge is 0.357 e. The first-order valence-corrected chi connectivity index (χ1v) is 6.04. The number of hydrogen-bond acceptors (Lipinski definition) is 3. The van der Waals surface area contributed by atoms with Crippen molar-refractivity contribution in [2.45, 2.75) is 37.9 Å². The van der Waals surface area contributed by atoms with Crippen LogP contribution >= 0.6 is 0 Å². The number of rotatable bonds is 6. The Morgan fingerprint density at radius 1 is 1.35 bits per heavy atom. The van der Waals surface area contributed by atoms with E-state index in [0.29, 0.717) is 6.04 Å². The Kier molecular flexibility index (Phi) is 6.22. The molecule has 1 saturated heterocycles. The van der Waals surface area contributed by atoms with E-state index < -0.39 is 12.8 Å². The van der Waals surface area contributed by atoms with Gasteiger partial charge in [0.25, 0.3) is 0 Å². The second-order valence-electron chi connectivity index (χ2n) is 4.61. The molecule has 0 saturated carbocycles. The van der Waals surface area contributed by atoms with E-state index in [1.807, 2.05) is 0 Å². The van der Waals surface area contributed by atoms with Gasteiger partial charge in [0.2, 0.25) is 0 Å². The lowest BCUT2D eigenvalue weighted by Gasteiger charge is -2.25. The van der Waals surface area contributed by atoms with Crippen molar-refractivity contribution in [2.75, 3.05) is 33.5 Å². The van der Waals surface area contributed by atoms with Crippen molar-refractivity contribution in [3.63, 3.8) is 0 Å². The van der Waals surface area contributed by atoms with Gasteiger partial charge >= 0.3 is 6.18 Å².